The molecule has 0 aliphatic rings. The van der Waals surface area contributed by atoms with Crippen LogP contribution >= 0.6 is 11.3 Å². The third kappa shape index (κ3) is 7.08. The number of hydrogen-bond donors (Lipinski definition) is 1. The van der Waals surface area contributed by atoms with E-state index in [9.17, 15) is 18.0 Å². The minimum atomic E-state index is -4.74. The van der Waals surface area contributed by atoms with Crippen LogP contribution in [-0.2, 0) is 24.3 Å². The molecule has 5 nitrogen and oxygen atoms in total. The number of nitrogens with zero attached hydrogens (tertiary/aromatic N) is 2. The van der Waals surface area contributed by atoms with Crippen LogP contribution in [-0.4, -0.2) is 29.2 Å². The maximum absolute atomic E-state index is 12.6. The van der Waals surface area contributed by atoms with E-state index in [0.29, 0.717) is 17.1 Å². The molecule has 0 unspecified atom stereocenters. The molecular formula is C22H22F3N3O2S. The standard InChI is InChI=1S/C22H22F3N3O2S/c1-15-7-3-5-9-18(15)27-20(29)11-21-26-17(14-31-21)13-28(2)12-16-8-4-6-10-19(16)30-22(23,24)25/h3-10,14H,11-13H2,1-2H3,(H,27,29). The number of nitrogens with one attached hydrogen (secondary N) is 1. The molecule has 0 atom stereocenters. The predicted molar refractivity (Wildman–Crippen MR) is 114 cm³/mol. The Morgan fingerprint density at radius 2 is 1.84 bits per heavy atom. The third-order valence-corrected chi connectivity index (χ3v) is 5.30. The molecule has 9 heteroatoms. The van der Waals surface area contributed by atoms with Gasteiger partial charge < -0.3 is 10.1 Å². The summed E-state index contributed by atoms with van der Waals surface area (Å²) in [5.41, 5.74) is 2.92. The maximum atomic E-state index is 12.6. The van der Waals surface area contributed by atoms with E-state index in [0.717, 1.165) is 16.9 Å². The first kappa shape index (κ1) is 22.8. The number of carbonyl (C=O) groups is 1. The topological polar surface area (TPSA) is 54.5 Å². The number of para-hydroxylation sites is 2. The van der Waals surface area contributed by atoms with E-state index < -0.39 is 6.36 Å². The van der Waals surface area contributed by atoms with Crippen LogP contribution in [0.4, 0.5) is 18.9 Å². The summed E-state index contributed by atoms with van der Waals surface area (Å²) in [6, 6.07) is 13.6. The fourth-order valence-corrected chi connectivity index (χ4v) is 3.81. The van der Waals surface area contributed by atoms with Crippen molar-refractivity contribution in [3.8, 4) is 5.75 Å². The molecule has 0 bridgehead atoms. The van der Waals surface area contributed by atoms with Gasteiger partial charge in [0.15, 0.2) is 0 Å². The minimum Gasteiger partial charge on any atom is -0.405 e. The molecule has 3 aromatic rings. The predicted octanol–water partition coefficient (Wildman–Crippen LogP) is 5.16. The zero-order chi connectivity index (χ0) is 22.4. The number of rotatable bonds is 8. The Morgan fingerprint density at radius 1 is 1.13 bits per heavy atom. The quantitative estimate of drug-likeness (QED) is 0.516. The van der Waals surface area contributed by atoms with Gasteiger partial charge in [0, 0.05) is 29.7 Å². The van der Waals surface area contributed by atoms with E-state index in [1.165, 1.54) is 23.5 Å². The second-order valence-electron chi connectivity index (χ2n) is 7.10. The lowest BCUT2D eigenvalue weighted by atomic mass is 10.2. The number of aryl methyl sites for hydroxylation is 1. The van der Waals surface area contributed by atoms with Crippen molar-refractivity contribution in [1.82, 2.24) is 9.88 Å². The van der Waals surface area contributed by atoms with Crippen LogP contribution in [0.5, 0.6) is 5.75 Å². The van der Waals surface area contributed by atoms with Crippen molar-refractivity contribution in [2.45, 2.75) is 32.8 Å². The van der Waals surface area contributed by atoms with Gasteiger partial charge in [0.2, 0.25) is 5.91 Å². The first-order chi connectivity index (χ1) is 14.7. The van der Waals surface area contributed by atoms with Crippen LogP contribution in [0.3, 0.4) is 0 Å². The molecule has 0 saturated heterocycles. The Bertz CT molecular complexity index is 1040. The van der Waals surface area contributed by atoms with Gasteiger partial charge in [0.25, 0.3) is 0 Å². The summed E-state index contributed by atoms with van der Waals surface area (Å²) >= 11 is 1.38. The van der Waals surface area contributed by atoms with E-state index in [-0.39, 0.29) is 24.6 Å². The Labute approximate surface area is 182 Å². The van der Waals surface area contributed by atoms with E-state index in [1.54, 1.807) is 19.2 Å². The lowest BCUT2D eigenvalue weighted by molar-refractivity contribution is -0.275. The molecule has 2 aromatic carbocycles. The van der Waals surface area contributed by atoms with E-state index in [1.807, 2.05) is 41.5 Å². The molecule has 1 amide bonds. The van der Waals surface area contributed by atoms with Gasteiger partial charge in [-0.15, -0.1) is 24.5 Å². The summed E-state index contributed by atoms with van der Waals surface area (Å²) in [5.74, 6) is -0.365. The second kappa shape index (κ2) is 9.93. The highest BCUT2D eigenvalue weighted by atomic mass is 32.1. The summed E-state index contributed by atoms with van der Waals surface area (Å²) < 4.78 is 41.9. The van der Waals surface area contributed by atoms with Crippen LogP contribution in [0.2, 0.25) is 0 Å². The molecular weight excluding hydrogens is 427 g/mol. The van der Waals surface area contributed by atoms with Crippen molar-refractivity contribution >= 4 is 22.9 Å². The lowest BCUT2D eigenvalue weighted by Gasteiger charge is -2.18. The minimum absolute atomic E-state index is 0.151. The Morgan fingerprint density at radius 3 is 2.58 bits per heavy atom. The first-order valence-corrected chi connectivity index (χ1v) is 10.4. The number of amides is 1. The van der Waals surface area contributed by atoms with Crippen molar-refractivity contribution in [2.75, 3.05) is 12.4 Å². The number of anilines is 1. The summed E-state index contributed by atoms with van der Waals surface area (Å²) in [5, 5.41) is 5.41. The maximum Gasteiger partial charge on any atom is 0.573 e. The smallest absolute Gasteiger partial charge is 0.405 e. The Kier molecular flexibility index (Phi) is 7.29. The number of alkyl halides is 3. The van der Waals surface area contributed by atoms with Crippen LogP contribution in [0, 0.1) is 6.92 Å². The van der Waals surface area contributed by atoms with Crippen molar-refractivity contribution < 1.29 is 22.7 Å². The van der Waals surface area contributed by atoms with Gasteiger partial charge in [-0.1, -0.05) is 36.4 Å². The van der Waals surface area contributed by atoms with Crippen molar-refractivity contribution in [3.63, 3.8) is 0 Å². The number of carbonyl (C=O) groups excluding carboxylic acids is 1. The molecule has 0 saturated carbocycles. The highest BCUT2D eigenvalue weighted by Gasteiger charge is 2.32. The van der Waals surface area contributed by atoms with Crippen molar-refractivity contribution in [3.05, 3.63) is 75.7 Å². The largest absolute Gasteiger partial charge is 0.573 e. The molecule has 1 aromatic heterocycles. The Balaban J connectivity index is 1.56. The summed E-state index contributed by atoms with van der Waals surface area (Å²) in [6.07, 6.45) is -4.58. The Hall–Kier alpha value is -2.91. The lowest BCUT2D eigenvalue weighted by Crippen LogP contribution is -2.21. The molecule has 31 heavy (non-hydrogen) atoms. The molecule has 0 spiro atoms. The summed E-state index contributed by atoms with van der Waals surface area (Å²) in [4.78, 5) is 18.6. The number of ether oxygens (including phenoxy) is 1. The number of halogens is 3. The molecule has 0 fully saturated rings. The van der Waals surface area contributed by atoms with Crippen LogP contribution in [0.15, 0.2) is 53.9 Å². The average molecular weight is 449 g/mol. The van der Waals surface area contributed by atoms with Crippen LogP contribution in [0.25, 0.3) is 0 Å². The molecule has 0 aliphatic carbocycles. The fourth-order valence-electron chi connectivity index (χ4n) is 3.03. The third-order valence-electron chi connectivity index (χ3n) is 4.40. The van der Waals surface area contributed by atoms with Gasteiger partial charge in [0.1, 0.15) is 10.8 Å². The molecule has 0 aliphatic heterocycles. The molecule has 3 rings (SSSR count). The van der Waals surface area contributed by atoms with Crippen LogP contribution < -0.4 is 10.1 Å². The molecule has 0 radical (unpaired) electrons. The van der Waals surface area contributed by atoms with Gasteiger partial charge in [-0.2, -0.15) is 0 Å². The monoisotopic (exact) mass is 449 g/mol. The van der Waals surface area contributed by atoms with Crippen molar-refractivity contribution in [1.29, 1.82) is 0 Å². The van der Waals surface area contributed by atoms with E-state index in [4.69, 9.17) is 0 Å². The first-order valence-electron chi connectivity index (χ1n) is 9.50. The van der Waals surface area contributed by atoms with Gasteiger partial charge in [-0.25, -0.2) is 4.98 Å². The number of aromatic nitrogens is 1. The number of thiazole rings is 1. The molecule has 1 N–H and O–H groups in total. The summed E-state index contributed by atoms with van der Waals surface area (Å²) in [6.45, 7) is 2.61. The molecule has 1 heterocycles. The highest BCUT2D eigenvalue weighted by molar-refractivity contribution is 7.09. The average Bonchev–Trinajstić information content (AvgIpc) is 3.10. The van der Waals surface area contributed by atoms with Gasteiger partial charge >= 0.3 is 6.36 Å². The van der Waals surface area contributed by atoms with Gasteiger partial charge in [-0.05, 0) is 31.7 Å². The normalized spacial score (nSPS) is 11.5. The van der Waals surface area contributed by atoms with Gasteiger partial charge in [0.05, 0.1) is 12.1 Å². The second-order valence-corrected chi connectivity index (χ2v) is 8.04. The van der Waals surface area contributed by atoms with Crippen LogP contribution in [0.1, 0.15) is 21.8 Å². The zero-order valence-electron chi connectivity index (χ0n) is 17.1. The fraction of sp³-hybridized carbons (Fsp3) is 0.273. The van der Waals surface area contributed by atoms with Gasteiger partial charge in [-0.3, -0.25) is 9.69 Å². The zero-order valence-corrected chi connectivity index (χ0v) is 17.9. The summed E-state index contributed by atoms with van der Waals surface area (Å²) in [7, 11) is 1.79. The van der Waals surface area contributed by atoms with E-state index >= 15 is 0 Å². The van der Waals surface area contributed by atoms with Crippen molar-refractivity contribution in [2.24, 2.45) is 0 Å². The SMILES string of the molecule is Cc1ccccc1NC(=O)Cc1nc(CN(C)Cc2ccccc2OC(F)(F)F)cs1. The highest BCUT2D eigenvalue weighted by Crippen LogP contribution is 2.27. The van der Waals surface area contributed by atoms with E-state index in [2.05, 4.69) is 15.0 Å². The number of hydrogen-bond acceptors (Lipinski definition) is 5. The number of benzene rings is 2. The molecule has 164 valence electrons.